The smallest absolute Gasteiger partial charge is 0.308 e. The highest BCUT2D eigenvalue weighted by atomic mass is 16.7. The Morgan fingerprint density at radius 3 is 2.88 bits per heavy atom. The van der Waals surface area contributed by atoms with Crippen LogP contribution in [0.15, 0.2) is 22.6 Å². The van der Waals surface area contributed by atoms with E-state index in [1.165, 1.54) is 0 Å². The van der Waals surface area contributed by atoms with Crippen molar-refractivity contribution in [2.45, 2.75) is 6.42 Å². The van der Waals surface area contributed by atoms with Crippen LogP contribution in [-0.2, 0) is 4.74 Å². The van der Waals surface area contributed by atoms with E-state index in [1.54, 1.807) is 18.2 Å². The van der Waals surface area contributed by atoms with E-state index < -0.39 is 0 Å². The maximum absolute atomic E-state index is 12.1. The van der Waals surface area contributed by atoms with Crippen LogP contribution in [0.1, 0.15) is 17.1 Å². The van der Waals surface area contributed by atoms with Crippen molar-refractivity contribution < 1.29 is 23.4 Å². The number of fused-ring (bicyclic) bond motifs is 1. The maximum atomic E-state index is 12.1. The van der Waals surface area contributed by atoms with Crippen LogP contribution < -0.4 is 14.8 Å². The average Bonchev–Trinajstić information content (AvgIpc) is 3.34. The molecule has 1 aromatic carbocycles. The average molecular weight is 360 g/mol. The zero-order chi connectivity index (χ0) is 17.8. The molecule has 9 heteroatoms. The van der Waals surface area contributed by atoms with Gasteiger partial charge in [0, 0.05) is 25.2 Å². The maximum Gasteiger partial charge on any atom is 0.308 e. The molecule has 0 spiro atoms. The lowest BCUT2D eigenvalue weighted by atomic mass is 10.2. The molecule has 4 rings (SSSR count). The number of hydrogen-bond donors (Lipinski definition) is 1. The Kier molecular flexibility index (Phi) is 4.98. The molecule has 2 aliphatic rings. The molecular weight excluding hydrogens is 340 g/mol. The third-order valence-corrected chi connectivity index (χ3v) is 4.28. The first kappa shape index (κ1) is 16.8. The molecule has 3 heterocycles. The molecule has 1 fully saturated rings. The summed E-state index contributed by atoms with van der Waals surface area (Å²) in [7, 11) is 0. The van der Waals surface area contributed by atoms with E-state index in [1.807, 2.05) is 0 Å². The Morgan fingerprint density at radius 1 is 1.15 bits per heavy atom. The molecular formula is C17H20N4O5. The number of nitrogens with one attached hydrogen (secondary N) is 1. The fourth-order valence-electron chi connectivity index (χ4n) is 2.87. The van der Waals surface area contributed by atoms with Crippen LogP contribution in [0.25, 0.3) is 11.5 Å². The van der Waals surface area contributed by atoms with Gasteiger partial charge in [-0.15, -0.1) is 10.2 Å². The van der Waals surface area contributed by atoms with Crippen LogP contribution in [0, 0.1) is 0 Å². The van der Waals surface area contributed by atoms with Gasteiger partial charge >= 0.3 is 11.8 Å². The molecule has 0 bridgehead atoms. The number of ether oxygens (including phenoxy) is 3. The quantitative estimate of drug-likeness (QED) is 0.759. The lowest BCUT2D eigenvalue weighted by Gasteiger charge is -2.26. The number of carbonyl (C=O) groups excluding carboxylic acids is 1. The molecule has 0 unspecified atom stereocenters. The topological polar surface area (TPSA) is 99.0 Å². The molecule has 2 aliphatic heterocycles. The van der Waals surface area contributed by atoms with Crippen molar-refractivity contribution in [3.63, 3.8) is 0 Å². The third kappa shape index (κ3) is 3.78. The summed E-state index contributed by atoms with van der Waals surface area (Å²) in [6.45, 7) is 5.11. The van der Waals surface area contributed by atoms with Gasteiger partial charge in [-0.2, -0.15) is 0 Å². The van der Waals surface area contributed by atoms with Gasteiger partial charge in [0.05, 0.1) is 13.2 Å². The summed E-state index contributed by atoms with van der Waals surface area (Å²) in [6.07, 6.45) is 0.856. The molecule has 0 saturated carbocycles. The standard InChI is InChI=1S/C17H20N4O5/c22-15(18-4-1-5-21-6-8-23-9-7-21)17-20-19-16(26-17)12-2-3-13-14(10-12)25-11-24-13/h2-3,10H,1,4-9,11H2,(H,18,22). The SMILES string of the molecule is O=C(NCCCN1CCOCC1)c1nnc(-c2ccc3c(c2)OCO3)o1. The van der Waals surface area contributed by atoms with E-state index in [2.05, 4.69) is 20.4 Å². The van der Waals surface area contributed by atoms with Crippen LogP contribution >= 0.6 is 0 Å². The number of morpholine rings is 1. The second kappa shape index (κ2) is 7.71. The van der Waals surface area contributed by atoms with Gasteiger partial charge in [-0.1, -0.05) is 0 Å². The van der Waals surface area contributed by atoms with Crippen molar-refractivity contribution >= 4 is 5.91 Å². The highest BCUT2D eigenvalue weighted by Gasteiger charge is 2.19. The first-order chi connectivity index (χ1) is 12.8. The highest BCUT2D eigenvalue weighted by molar-refractivity contribution is 5.89. The summed E-state index contributed by atoms with van der Waals surface area (Å²) in [6, 6.07) is 5.30. The minimum atomic E-state index is -0.369. The molecule has 0 atom stereocenters. The largest absolute Gasteiger partial charge is 0.454 e. The summed E-state index contributed by atoms with van der Waals surface area (Å²) >= 11 is 0. The van der Waals surface area contributed by atoms with E-state index >= 15 is 0 Å². The summed E-state index contributed by atoms with van der Waals surface area (Å²) in [5, 5.41) is 10.6. The van der Waals surface area contributed by atoms with Gasteiger partial charge in [0.1, 0.15) is 0 Å². The van der Waals surface area contributed by atoms with Gasteiger partial charge in [-0.25, -0.2) is 0 Å². The monoisotopic (exact) mass is 360 g/mol. The second-order valence-corrected chi connectivity index (χ2v) is 6.04. The van der Waals surface area contributed by atoms with E-state index in [9.17, 15) is 4.79 Å². The predicted octanol–water partition coefficient (Wildman–Crippen LogP) is 0.917. The zero-order valence-corrected chi connectivity index (χ0v) is 14.3. The van der Waals surface area contributed by atoms with Crippen molar-refractivity contribution in [2.24, 2.45) is 0 Å². The predicted molar refractivity (Wildman–Crippen MR) is 90.1 cm³/mol. The van der Waals surface area contributed by atoms with Crippen molar-refractivity contribution in [2.75, 3.05) is 46.2 Å². The summed E-state index contributed by atoms with van der Waals surface area (Å²) in [4.78, 5) is 14.5. The van der Waals surface area contributed by atoms with E-state index in [-0.39, 0.29) is 24.5 Å². The summed E-state index contributed by atoms with van der Waals surface area (Å²) < 4.78 is 21.4. The molecule has 26 heavy (non-hydrogen) atoms. The van der Waals surface area contributed by atoms with E-state index in [0.29, 0.717) is 23.6 Å². The Balaban J connectivity index is 1.29. The second-order valence-electron chi connectivity index (χ2n) is 6.04. The molecule has 1 N–H and O–H groups in total. The van der Waals surface area contributed by atoms with Gasteiger partial charge in [-0.05, 0) is 31.2 Å². The minimum absolute atomic E-state index is 0.0518. The van der Waals surface area contributed by atoms with Gasteiger partial charge in [0.25, 0.3) is 0 Å². The first-order valence-corrected chi connectivity index (χ1v) is 8.61. The molecule has 9 nitrogen and oxygen atoms in total. The number of hydrogen-bond acceptors (Lipinski definition) is 8. The number of carbonyl (C=O) groups is 1. The first-order valence-electron chi connectivity index (χ1n) is 8.61. The molecule has 0 aliphatic carbocycles. The van der Waals surface area contributed by atoms with Crippen LogP contribution in [0.3, 0.4) is 0 Å². The zero-order valence-electron chi connectivity index (χ0n) is 14.3. The van der Waals surface area contributed by atoms with E-state index in [4.69, 9.17) is 18.6 Å². The van der Waals surface area contributed by atoms with Crippen molar-refractivity contribution in [1.82, 2.24) is 20.4 Å². The summed E-state index contributed by atoms with van der Waals surface area (Å²) in [5.74, 6) is 1.14. The number of rotatable bonds is 6. The Labute approximate surface area is 150 Å². The number of benzene rings is 1. The minimum Gasteiger partial charge on any atom is -0.454 e. The van der Waals surface area contributed by atoms with Crippen LogP contribution in [0.4, 0.5) is 0 Å². The number of aromatic nitrogens is 2. The third-order valence-electron chi connectivity index (χ3n) is 4.28. The molecule has 2 aromatic rings. The summed E-state index contributed by atoms with van der Waals surface area (Å²) in [5.41, 5.74) is 0.674. The molecule has 0 radical (unpaired) electrons. The van der Waals surface area contributed by atoms with Crippen molar-refractivity contribution in [1.29, 1.82) is 0 Å². The van der Waals surface area contributed by atoms with Crippen molar-refractivity contribution in [3.8, 4) is 23.0 Å². The normalized spacial score (nSPS) is 16.6. The highest BCUT2D eigenvalue weighted by Crippen LogP contribution is 2.35. The fraction of sp³-hybridized carbons (Fsp3) is 0.471. The van der Waals surface area contributed by atoms with Crippen LogP contribution in [0.2, 0.25) is 0 Å². The van der Waals surface area contributed by atoms with Gasteiger partial charge in [0.2, 0.25) is 12.7 Å². The molecule has 138 valence electrons. The van der Waals surface area contributed by atoms with Gasteiger partial charge in [0.15, 0.2) is 11.5 Å². The Bertz CT molecular complexity index is 772. The van der Waals surface area contributed by atoms with Crippen LogP contribution in [-0.4, -0.2) is 67.2 Å². The molecule has 1 saturated heterocycles. The molecule has 1 amide bonds. The van der Waals surface area contributed by atoms with Crippen LogP contribution in [0.5, 0.6) is 11.5 Å². The van der Waals surface area contributed by atoms with Gasteiger partial charge < -0.3 is 23.9 Å². The van der Waals surface area contributed by atoms with Crippen molar-refractivity contribution in [3.05, 3.63) is 24.1 Å². The van der Waals surface area contributed by atoms with Gasteiger partial charge in [-0.3, -0.25) is 9.69 Å². The fourth-order valence-corrected chi connectivity index (χ4v) is 2.87. The van der Waals surface area contributed by atoms with E-state index in [0.717, 1.165) is 39.3 Å². The number of nitrogens with zero attached hydrogens (tertiary/aromatic N) is 3. The molecule has 1 aromatic heterocycles. The number of amides is 1. The Morgan fingerprint density at radius 2 is 2.00 bits per heavy atom. The lowest BCUT2D eigenvalue weighted by Crippen LogP contribution is -2.38. The lowest BCUT2D eigenvalue weighted by molar-refractivity contribution is 0.0374. The Hall–Kier alpha value is -2.65.